The number of aliphatic hydroxyl groups is 1. The minimum absolute atomic E-state index is 0.00290. The van der Waals surface area contributed by atoms with E-state index in [9.17, 15) is 29.4 Å². The van der Waals surface area contributed by atoms with Gasteiger partial charge in [-0.3, -0.25) is 19.2 Å². The summed E-state index contributed by atoms with van der Waals surface area (Å²) in [4.78, 5) is 56.6. The number of hydrogen-bond acceptors (Lipinski definition) is 10. The molecule has 12 heteroatoms. The van der Waals surface area contributed by atoms with E-state index < -0.39 is 34.8 Å². The molecule has 1 aromatic heterocycles. The van der Waals surface area contributed by atoms with Crippen LogP contribution < -0.4 is 0 Å². The molecule has 2 N–H and O–H groups in total. The minimum Gasteiger partial charge on any atom is -0.481 e. The van der Waals surface area contributed by atoms with Crippen LogP contribution in [0.4, 0.5) is 0 Å². The van der Waals surface area contributed by atoms with Crippen molar-refractivity contribution in [2.45, 2.75) is 146 Å². The predicted molar refractivity (Wildman–Crippen MR) is 215 cm³/mol. The van der Waals surface area contributed by atoms with Gasteiger partial charge >= 0.3 is 23.7 Å². The third-order valence-electron chi connectivity index (χ3n) is 16.7. The molecule has 1 aromatic rings. The number of rotatable bonds is 12. The van der Waals surface area contributed by atoms with E-state index in [0.717, 1.165) is 56.1 Å². The molecule has 12 nitrogen and oxygen atoms in total. The first-order chi connectivity index (χ1) is 26.4. The number of hydrogen-bond donors (Lipinski definition) is 2. The van der Waals surface area contributed by atoms with E-state index in [0.29, 0.717) is 37.2 Å². The smallest absolute Gasteiger partial charge is 0.311 e. The van der Waals surface area contributed by atoms with Gasteiger partial charge in [0.2, 0.25) is 5.89 Å². The number of allylic oxidation sites excluding steroid dienone is 1. The fourth-order valence-electron chi connectivity index (χ4n) is 13.4. The van der Waals surface area contributed by atoms with E-state index in [4.69, 9.17) is 9.15 Å². The highest BCUT2D eigenvalue weighted by Crippen LogP contribution is 2.77. The van der Waals surface area contributed by atoms with E-state index in [2.05, 4.69) is 58.7 Å². The number of nitrogens with zero attached hydrogens (tertiary/aromatic N) is 4. The van der Waals surface area contributed by atoms with Crippen molar-refractivity contribution in [2.75, 3.05) is 33.7 Å². The standard InChI is InChI=1S/C45H70N4O8/c1-26(2)35-29(50)23-45(32(51)25-49(22-21-48(11)12)38(53)37-47-46-27(3)56-37)20-19-43(9)28(36(35)45)13-14-31-42(8)17-16-33(57-34(52)24-40(4,5)39(54)55)41(6,7)30(42)15-18-44(31,43)10/h26,28,30-33,51H,13-25H2,1-12H3,(H,54,55)/t28-,30+,31-,32+,33-,42+,43-,44-,45+/m1/s1. The summed E-state index contributed by atoms with van der Waals surface area (Å²) in [6.45, 7) is 22.0. The Kier molecular flexibility index (Phi) is 11.3. The molecular formula is C45H70N4O8. The lowest BCUT2D eigenvalue weighted by Gasteiger charge is -2.72. The van der Waals surface area contributed by atoms with Crippen molar-refractivity contribution in [3.63, 3.8) is 0 Å². The average Bonchev–Trinajstić information content (AvgIpc) is 3.68. The van der Waals surface area contributed by atoms with Crippen molar-refractivity contribution in [1.29, 1.82) is 0 Å². The molecule has 0 bridgehead atoms. The summed E-state index contributed by atoms with van der Waals surface area (Å²) in [5.74, 6) is -0.663. The molecular weight excluding hydrogens is 725 g/mol. The molecule has 6 rings (SSSR count). The zero-order valence-electron chi connectivity index (χ0n) is 36.8. The number of aromatic nitrogens is 2. The second kappa shape index (κ2) is 14.9. The maximum absolute atomic E-state index is 14.3. The molecule has 4 fully saturated rings. The van der Waals surface area contributed by atoms with Crippen molar-refractivity contribution in [2.24, 2.45) is 56.2 Å². The highest BCUT2D eigenvalue weighted by molar-refractivity contribution is 6.01. The van der Waals surface area contributed by atoms with Gasteiger partial charge in [-0.15, -0.1) is 10.2 Å². The lowest BCUT2D eigenvalue weighted by Crippen LogP contribution is -2.66. The Labute approximate surface area is 339 Å². The number of ketones is 1. The van der Waals surface area contributed by atoms with Gasteiger partial charge in [0, 0.05) is 43.8 Å². The summed E-state index contributed by atoms with van der Waals surface area (Å²) in [5.41, 5.74) is -0.343. The quantitative estimate of drug-likeness (QED) is 0.207. The van der Waals surface area contributed by atoms with Crippen molar-refractivity contribution in [3.8, 4) is 0 Å². The van der Waals surface area contributed by atoms with Crippen molar-refractivity contribution in [3.05, 3.63) is 22.9 Å². The Bertz CT molecular complexity index is 1800. The number of likely N-dealkylation sites (N-methyl/N-ethyl adjacent to an activating group) is 1. The summed E-state index contributed by atoms with van der Waals surface area (Å²) in [5, 5.41) is 30.1. The van der Waals surface area contributed by atoms with Crippen LogP contribution in [0.5, 0.6) is 0 Å². The highest BCUT2D eigenvalue weighted by atomic mass is 16.5. The Morgan fingerprint density at radius 2 is 1.61 bits per heavy atom. The molecule has 0 radical (unpaired) electrons. The van der Waals surface area contributed by atoms with Gasteiger partial charge in [-0.05, 0) is 125 Å². The number of aliphatic hydroxyl groups excluding tert-OH is 1. The fraction of sp³-hybridized carbons (Fsp3) is 0.822. The van der Waals surface area contributed by atoms with E-state index in [-0.39, 0.29) is 70.7 Å². The molecule has 0 aromatic carbocycles. The Hall–Kier alpha value is -3.12. The van der Waals surface area contributed by atoms with Crippen LogP contribution >= 0.6 is 0 Å². The summed E-state index contributed by atoms with van der Waals surface area (Å²) in [6, 6.07) is 0. The molecule has 4 saturated carbocycles. The molecule has 0 unspecified atom stereocenters. The Balaban J connectivity index is 1.30. The van der Waals surface area contributed by atoms with Gasteiger partial charge in [-0.1, -0.05) is 54.0 Å². The average molecular weight is 795 g/mol. The topological polar surface area (TPSA) is 163 Å². The number of aryl methyl sites for hydroxylation is 1. The maximum atomic E-state index is 14.3. The van der Waals surface area contributed by atoms with Gasteiger partial charge in [-0.2, -0.15) is 0 Å². The molecule has 0 saturated heterocycles. The summed E-state index contributed by atoms with van der Waals surface area (Å²) in [6.07, 6.45) is 6.04. The van der Waals surface area contributed by atoms with Crippen molar-refractivity contribution < 1.29 is 38.5 Å². The molecule has 0 aliphatic heterocycles. The van der Waals surface area contributed by atoms with Gasteiger partial charge in [0.05, 0.1) is 17.9 Å². The third-order valence-corrected chi connectivity index (χ3v) is 16.7. The number of amides is 1. The van der Waals surface area contributed by atoms with Crippen LogP contribution in [-0.2, 0) is 19.1 Å². The first-order valence-corrected chi connectivity index (χ1v) is 21.5. The van der Waals surface area contributed by atoms with Gasteiger partial charge < -0.3 is 29.2 Å². The summed E-state index contributed by atoms with van der Waals surface area (Å²) < 4.78 is 11.7. The first kappa shape index (κ1) is 43.5. The van der Waals surface area contributed by atoms with Gasteiger partial charge in [-0.25, -0.2) is 0 Å². The van der Waals surface area contributed by atoms with Crippen LogP contribution in [0.15, 0.2) is 15.6 Å². The number of carbonyl (C=O) groups is 4. The zero-order chi connectivity index (χ0) is 42.3. The number of carboxylic acids is 1. The maximum Gasteiger partial charge on any atom is 0.311 e. The van der Waals surface area contributed by atoms with Gasteiger partial charge in [0.1, 0.15) is 6.10 Å². The Morgan fingerprint density at radius 3 is 2.21 bits per heavy atom. The lowest BCUT2D eigenvalue weighted by molar-refractivity contribution is -0.235. The van der Waals surface area contributed by atoms with Crippen LogP contribution in [0.3, 0.4) is 0 Å². The Morgan fingerprint density at radius 1 is 0.930 bits per heavy atom. The van der Waals surface area contributed by atoms with Crippen LogP contribution in [-0.4, -0.2) is 99.8 Å². The molecule has 57 heavy (non-hydrogen) atoms. The van der Waals surface area contributed by atoms with Crippen LogP contribution in [0.25, 0.3) is 0 Å². The third kappa shape index (κ3) is 7.00. The van der Waals surface area contributed by atoms with Gasteiger partial charge in [0.15, 0.2) is 5.78 Å². The SMILES string of the molecule is Cc1nnc(C(=O)N(CCN(C)C)C[C@H](O)[C@@]23CC[C@]4(C)[C@H](CC[C@@H]5[C@@]6(C)CC[C@@H](OC(=O)CC(C)(C)C(=O)O)C(C)(C)[C@@H]6CC[C@]54C)C2=C(C(C)C)C(=O)C3)o1. The predicted octanol–water partition coefficient (Wildman–Crippen LogP) is 7.14. The summed E-state index contributed by atoms with van der Waals surface area (Å²) in [7, 11) is 3.89. The molecule has 318 valence electrons. The normalized spacial score (nSPS) is 35.3. The van der Waals surface area contributed by atoms with Gasteiger partial charge in [0.25, 0.3) is 0 Å². The second-order valence-electron chi connectivity index (χ2n) is 21.3. The van der Waals surface area contributed by atoms with E-state index >= 15 is 0 Å². The largest absolute Gasteiger partial charge is 0.481 e. The number of aliphatic carboxylic acids is 1. The number of esters is 1. The zero-order valence-corrected chi connectivity index (χ0v) is 36.8. The number of carboxylic acid groups (broad SMARTS) is 1. The number of fused-ring (bicyclic) bond motifs is 7. The fourth-order valence-corrected chi connectivity index (χ4v) is 13.4. The van der Waals surface area contributed by atoms with E-state index in [1.165, 1.54) is 0 Å². The molecule has 0 spiro atoms. The number of Topliss-reactive ketones (excluding diaryl/α,β-unsaturated/α-hetero) is 1. The molecule has 5 aliphatic rings. The highest BCUT2D eigenvalue weighted by Gasteiger charge is 2.71. The van der Waals surface area contributed by atoms with Crippen LogP contribution in [0, 0.1) is 63.1 Å². The van der Waals surface area contributed by atoms with Crippen molar-refractivity contribution in [1.82, 2.24) is 20.0 Å². The summed E-state index contributed by atoms with van der Waals surface area (Å²) >= 11 is 0. The van der Waals surface area contributed by atoms with Crippen LogP contribution in [0.1, 0.15) is 143 Å². The second-order valence-corrected chi connectivity index (χ2v) is 21.3. The van der Waals surface area contributed by atoms with Crippen molar-refractivity contribution >= 4 is 23.6 Å². The lowest BCUT2D eigenvalue weighted by atomic mass is 9.33. The van der Waals surface area contributed by atoms with E-state index in [1.807, 2.05) is 19.0 Å². The molecule has 5 aliphatic carbocycles. The first-order valence-electron chi connectivity index (χ1n) is 21.5. The van der Waals surface area contributed by atoms with E-state index in [1.54, 1.807) is 25.7 Å². The molecule has 9 atom stereocenters. The monoisotopic (exact) mass is 795 g/mol. The molecule has 1 heterocycles. The number of ether oxygens (including phenoxy) is 1. The molecule has 1 amide bonds. The minimum atomic E-state index is -1.19. The number of carbonyl (C=O) groups excluding carboxylic acids is 3. The van der Waals surface area contributed by atoms with Crippen LogP contribution in [0.2, 0.25) is 0 Å².